The second-order valence-electron chi connectivity index (χ2n) is 3.94. The molecule has 1 fully saturated rings. The molecule has 2 rings (SSSR count). The average molecular weight is 274 g/mol. The van der Waals surface area contributed by atoms with Gasteiger partial charge < -0.3 is 5.32 Å². The average Bonchev–Trinajstić information content (AvgIpc) is 2.43. The van der Waals surface area contributed by atoms with Crippen LogP contribution >= 0.6 is 27.3 Å². The SMILES string of the molecule is Brc1csc(CC2CCCCCN2)c1. The molecule has 1 unspecified atom stereocenters. The van der Waals surface area contributed by atoms with Crippen LogP contribution in [0.5, 0.6) is 0 Å². The topological polar surface area (TPSA) is 12.0 Å². The van der Waals surface area contributed by atoms with Gasteiger partial charge in [-0.25, -0.2) is 0 Å². The molecule has 0 spiro atoms. The lowest BCUT2D eigenvalue weighted by atomic mass is 10.1. The highest BCUT2D eigenvalue weighted by molar-refractivity contribution is 9.10. The van der Waals surface area contributed by atoms with E-state index in [1.807, 2.05) is 11.3 Å². The summed E-state index contributed by atoms with van der Waals surface area (Å²) in [5, 5.41) is 5.80. The number of hydrogen-bond donors (Lipinski definition) is 1. The fourth-order valence-electron chi connectivity index (χ4n) is 1.98. The van der Waals surface area contributed by atoms with Gasteiger partial charge in [0.1, 0.15) is 0 Å². The lowest BCUT2D eigenvalue weighted by Gasteiger charge is -2.13. The van der Waals surface area contributed by atoms with Gasteiger partial charge in [-0.05, 0) is 47.8 Å². The Bertz CT molecular complexity index is 277. The predicted octanol–water partition coefficient (Wildman–Crippen LogP) is 3.59. The van der Waals surface area contributed by atoms with Crippen LogP contribution in [0.1, 0.15) is 30.6 Å². The molecule has 1 aromatic heterocycles. The Kier molecular flexibility index (Phi) is 4.02. The highest BCUT2D eigenvalue weighted by atomic mass is 79.9. The zero-order valence-corrected chi connectivity index (χ0v) is 10.7. The highest BCUT2D eigenvalue weighted by Crippen LogP contribution is 2.22. The molecule has 0 aliphatic carbocycles. The van der Waals surface area contributed by atoms with Gasteiger partial charge in [0, 0.05) is 20.8 Å². The zero-order chi connectivity index (χ0) is 9.80. The van der Waals surface area contributed by atoms with Gasteiger partial charge in [0.05, 0.1) is 0 Å². The maximum atomic E-state index is 3.63. The van der Waals surface area contributed by atoms with Crippen molar-refractivity contribution in [2.45, 2.75) is 38.1 Å². The van der Waals surface area contributed by atoms with Crippen LogP contribution in [0.4, 0.5) is 0 Å². The first-order valence-corrected chi connectivity index (χ1v) is 6.98. The molecule has 14 heavy (non-hydrogen) atoms. The molecular formula is C11H16BrNS. The van der Waals surface area contributed by atoms with E-state index in [0.29, 0.717) is 6.04 Å². The molecule has 1 aromatic rings. The Labute approximate surface area is 98.0 Å². The minimum atomic E-state index is 0.711. The summed E-state index contributed by atoms with van der Waals surface area (Å²) in [6.07, 6.45) is 6.69. The Morgan fingerprint density at radius 3 is 3.14 bits per heavy atom. The van der Waals surface area contributed by atoms with Gasteiger partial charge >= 0.3 is 0 Å². The molecule has 1 atom stereocenters. The van der Waals surface area contributed by atoms with Crippen LogP contribution in [0.15, 0.2) is 15.9 Å². The number of thiophene rings is 1. The van der Waals surface area contributed by atoms with Gasteiger partial charge in [-0.3, -0.25) is 0 Å². The number of rotatable bonds is 2. The molecule has 0 radical (unpaired) electrons. The maximum absolute atomic E-state index is 3.63. The van der Waals surface area contributed by atoms with E-state index in [1.165, 1.54) is 48.0 Å². The summed E-state index contributed by atoms with van der Waals surface area (Å²) in [7, 11) is 0. The molecule has 1 saturated heterocycles. The second kappa shape index (κ2) is 5.29. The lowest BCUT2D eigenvalue weighted by Crippen LogP contribution is -2.29. The summed E-state index contributed by atoms with van der Waals surface area (Å²) in [4.78, 5) is 1.50. The van der Waals surface area contributed by atoms with E-state index < -0.39 is 0 Å². The van der Waals surface area contributed by atoms with Crippen molar-refractivity contribution in [2.24, 2.45) is 0 Å². The van der Waals surface area contributed by atoms with Gasteiger partial charge in [0.15, 0.2) is 0 Å². The first-order valence-electron chi connectivity index (χ1n) is 5.31. The molecule has 78 valence electrons. The molecule has 1 nitrogen and oxygen atoms in total. The molecule has 3 heteroatoms. The number of nitrogens with one attached hydrogen (secondary N) is 1. The second-order valence-corrected chi connectivity index (χ2v) is 5.85. The zero-order valence-electron chi connectivity index (χ0n) is 8.26. The van der Waals surface area contributed by atoms with Crippen LogP contribution in [0.25, 0.3) is 0 Å². The normalized spacial score (nSPS) is 23.4. The van der Waals surface area contributed by atoms with Crippen molar-refractivity contribution < 1.29 is 0 Å². The van der Waals surface area contributed by atoms with Crippen LogP contribution in [0.2, 0.25) is 0 Å². The minimum Gasteiger partial charge on any atom is -0.314 e. The fourth-order valence-corrected chi connectivity index (χ4v) is 3.51. The van der Waals surface area contributed by atoms with Gasteiger partial charge in [-0.1, -0.05) is 12.8 Å². The lowest BCUT2D eigenvalue weighted by molar-refractivity contribution is 0.510. The molecule has 0 saturated carbocycles. The molecule has 1 N–H and O–H groups in total. The van der Waals surface area contributed by atoms with Crippen molar-refractivity contribution in [3.05, 3.63) is 20.8 Å². The van der Waals surface area contributed by atoms with E-state index in [1.54, 1.807) is 0 Å². The molecular weight excluding hydrogens is 258 g/mol. The van der Waals surface area contributed by atoms with E-state index in [9.17, 15) is 0 Å². The maximum Gasteiger partial charge on any atom is 0.0285 e. The van der Waals surface area contributed by atoms with Crippen LogP contribution in [0.3, 0.4) is 0 Å². The Morgan fingerprint density at radius 1 is 1.43 bits per heavy atom. The first-order chi connectivity index (χ1) is 6.84. The Balaban J connectivity index is 1.89. The third-order valence-electron chi connectivity index (χ3n) is 2.73. The summed E-state index contributed by atoms with van der Waals surface area (Å²) in [6.45, 7) is 1.21. The third-order valence-corrected chi connectivity index (χ3v) is 4.45. The van der Waals surface area contributed by atoms with Crippen molar-refractivity contribution >= 4 is 27.3 Å². The van der Waals surface area contributed by atoms with Crippen molar-refractivity contribution in [3.63, 3.8) is 0 Å². The van der Waals surface area contributed by atoms with Gasteiger partial charge in [-0.15, -0.1) is 11.3 Å². The summed E-state index contributed by atoms with van der Waals surface area (Å²) in [5.74, 6) is 0. The largest absolute Gasteiger partial charge is 0.314 e. The van der Waals surface area contributed by atoms with Crippen molar-refractivity contribution in [2.75, 3.05) is 6.54 Å². The molecule has 1 aliphatic rings. The molecule has 1 aliphatic heterocycles. The minimum absolute atomic E-state index is 0.711. The first kappa shape index (κ1) is 10.7. The van der Waals surface area contributed by atoms with Crippen molar-refractivity contribution in [1.29, 1.82) is 0 Å². The summed E-state index contributed by atoms with van der Waals surface area (Å²) >= 11 is 5.37. The smallest absolute Gasteiger partial charge is 0.0285 e. The van der Waals surface area contributed by atoms with Gasteiger partial charge in [0.25, 0.3) is 0 Å². The quantitative estimate of drug-likeness (QED) is 0.869. The molecule has 0 bridgehead atoms. The number of hydrogen-bond acceptors (Lipinski definition) is 2. The standard InChI is InChI=1S/C11H16BrNS/c12-9-6-11(14-8-9)7-10-4-2-1-3-5-13-10/h6,8,10,13H,1-5,7H2. The number of halogens is 1. The van der Waals surface area contributed by atoms with Gasteiger partial charge in [-0.2, -0.15) is 0 Å². The predicted molar refractivity (Wildman–Crippen MR) is 66.0 cm³/mol. The summed E-state index contributed by atoms with van der Waals surface area (Å²) in [6, 6.07) is 2.96. The molecule has 0 amide bonds. The summed E-state index contributed by atoms with van der Waals surface area (Å²) in [5.41, 5.74) is 0. The van der Waals surface area contributed by atoms with Crippen LogP contribution in [0, 0.1) is 0 Å². The summed E-state index contributed by atoms with van der Waals surface area (Å²) < 4.78 is 1.23. The van der Waals surface area contributed by atoms with E-state index in [2.05, 4.69) is 32.7 Å². The molecule has 0 aromatic carbocycles. The van der Waals surface area contributed by atoms with Crippen LogP contribution < -0.4 is 5.32 Å². The van der Waals surface area contributed by atoms with E-state index in [4.69, 9.17) is 0 Å². The third kappa shape index (κ3) is 3.07. The highest BCUT2D eigenvalue weighted by Gasteiger charge is 2.12. The van der Waals surface area contributed by atoms with Crippen LogP contribution in [-0.2, 0) is 6.42 Å². The van der Waals surface area contributed by atoms with Crippen molar-refractivity contribution in [1.82, 2.24) is 5.32 Å². The van der Waals surface area contributed by atoms with Crippen LogP contribution in [-0.4, -0.2) is 12.6 Å². The monoisotopic (exact) mass is 273 g/mol. The van der Waals surface area contributed by atoms with Gasteiger partial charge in [0.2, 0.25) is 0 Å². The van der Waals surface area contributed by atoms with E-state index >= 15 is 0 Å². The molecule has 2 heterocycles. The fraction of sp³-hybridized carbons (Fsp3) is 0.636. The Morgan fingerprint density at radius 2 is 2.36 bits per heavy atom. The van der Waals surface area contributed by atoms with E-state index in [-0.39, 0.29) is 0 Å². The Hall–Kier alpha value is 0.140. The van der Waals surface area contributed by atoms with E-state index in [0.717, 1.165) is 0 Å². The van der Waals surface area contributed by atoms with Crippen molar-refractivity contribution in [3.8, 4) is 0 Å².